The Morgan fingerprint density at radius 3 is 2.73 bits per heavy atom. The third kappa shape index (κ3) is 6.48. The fourth-order valence-corrected chi connectivity index (χ4v) is 2.29. The van der Waals surface area contributed by atoms with Crippen LogP contribution in [0.2, 0.25) is 0 Å². The van der Waals surface area contributed by atoms with Crippen LogP contribution in [0.1, 0.15) is 21.7 Å². The van der Waals surface area contributed by atoms with Gasteiger partial charge in [0.25, 0.3) is 6.43 Å². The number of alkyl halides is 2. The first-order valence-electron chi connectivity index (χ1n) is 7.63. The molecule has 140 valence electrons. The van der Waals surface area contributed by atoms with Gasteiger partial charge in [0.2, 0.25) is 5.78 Å². The molecule has 0 aliphatic rings. The first kappa shape index (κ1) is 21.6. The number of halogens is 3. The summed E-state index contributed by atoms with van der Waals surface area (Å²) in [6, 6.07) is 3.56. The molecular formula is C18H20BrF2N3O2. The van der Waals surface area contributed by atoms with Crippen LogP contribution in [0.25, 0.3) is 0 Å². The summed E-state index contributed by atoms with van der Waals surface area (Å²) in [6.45, 7) is 4.68. The molecule has 0 atom stereocenters. The molecule has 26 heavy (non-hydrogen) atoms. The first-order valence-corrected chi connectivity index (χ1v) is 8.42. The average Bonchev–Trinajstić information content (AvgIpc) is 2.95. The molecule has 1 aromatic rings. The van der Waals surface area contributed by atoms with E-state index in [0.717, 1.165) is 11.3 Å². The molecule has 5 nitrogen and oxygen atoms in total. The van der Waals surface area contributed by atoms with Gasteiger partial charge >= 0.3 is 0 Å². The maximum Gasteiger partial charge on any atom is 0.272 e. The molecule has 0 aromatic carbocycles. The molecule has 1 heterocycles. The number of Topliss-reactive ketones (excluding diaryl/α,β-unsaturated/α-hetero) is 1. The van der Waals surface area contributed by atoms with Crippen LogP contribution < -0.4 is 0 Å². The smallest absolute Gasteiger partial charge is 0.272 e. The predicted molar refractivity (Wildman–Crippen MR) is 99.1 cm³/mol. The number of nitrogens with zero attached hydrogens (tertiary/aromatic N) is 2. The van der Waals surface area contributed by atoms with E-state index in [9.17, 15) is 13.6 Å². The molecule has 0 saturated heterocycles. The Kier molecular flexibility index (Phi) is 8.26. The predicted octanol–water partition coefficient (Wildman–Crippen LogP) is 4.09. The summed E-state index contributed by atoms with van der Waals surface area (Å²) < 4.78 is 29.6. The van der Waals surface area contributed by atoms with Crippen LogP contribution in [0.5, 0.6) is 0 Å². The number of aromatic nitrogens is 1. The maximum atomic E-state index is 12.4. The van der Waals surface area contributed by atoms with Gasteiger partial charge in [-0.1, -0.05) is 12.7 Å². The van der Waals surface area contributed by atoms with Crippen LogP contribution in [0.3, 0.4) is 0 Å². The average molecular weight is 428 g/mol. The number of nitriles is 1. The minimum Gasteiger partial charge on any atom is -0.487 e. The number of ketones is 1. The zero-order valence-electron chi connectivity index (χ0n) is 14.8. The highest BCUT2D eigenvalue weighted by molar-refractivity contribution is 9.11. The van der Waals surface area contributed by atoms with Gasteiger partial charge in [-0.3, -0.25) is 4.79 Å². The van der Waals surface area contributed by atoms with Crippen molar-refractivity contribution in [3.05, 3.63) is 57.7 Å². The standard InChI is InChI=1S/C18H20BrF2N3O2/c1-11-7-16(18(25)13(8-22)9-24(3)4)23-15(11)6-5-14(19)12(2)26-10-17(20)21/h5,7,9,17,23H,2,6,10H2,1,3-4H3/b13-9+,14-5+. The Morgan fingerprint density at radius 1 is 1.54 bits per heavy atom. The zero-order valence-corrected chi connectivity index (χ0v) is 16.4. The second-order valence-corrected chi connectivity index (χ2v) is 6.53. The van der Waals surface area contributed by atoms with Crippen molar-refractivity contribution in [3.63, 3.8) is 0 Å². The Labute approximate surface area is 159 Å². The van der Waals surface area contributed by atoms with Crippen molar-refractivity contribution in [2.24, 2.45) is 0 Å². The largest absolute Gasteiger partial charge is 0.487 e. The molecule has 1 rings (SSSR count). The van der Waals surface area contributed by atoms with Crippen LogP contribution in [0.15, 0.2) is 40.7 Å². The minimum absolute atomic E-state index is 0.0216. The second kappa shape index (κ2) is 9.92. The van der Waals surface area contributed by atoms with Gasteiger partial charge in [-0.15, -0.1) is 0 Å². The number of ether oxygens (including phenoxy) is 1. The van der Waals surface area contributed by atoms with E-state index in [1.54, 1.807) is 31.1 Å². The molecule has 0 bridgehead atoms. The molecule has 0 saturated carbocycles. The molecule has 0 amide bonds. The first-order chi connectivity index (χ1) is 12.1. The number of H-pyrrole nitrogens is 1. The van der Waals surface area contributed by atoms with E-state index in [-0.39, 0.29) is 11.3 Å². The summed E-state index contributed by atoms with van der Waals surface area (Å²) in [5, 5.41) is 9.14. The van der Waals surface area contributed by atoms with Crippen LogP contribution in [0.4, 0.5) is 8.78 Å². The van der Waals surface area contributed by atoms with Gasteiger partial charge < -0.3 is 14.6 Å². The summed E-state index contributed by atoms with van der Waals surface area (Å²) in [4.78, 5) is 17.0. The van der Waals surface area contributed by atoms with Crippen molar-refractivity contribution in [2.75, 3.05) is 20.7 Å². The van der Waals surface area contributed by atoms with Crippen molar-refractivity contribution in [1.82, 2.24) is 9.88 Å². The lowest BCUT2D eigenvalue weighted by atomic mass is 10.1. The van der Waals surface area contributed by atoms with E-state index in [1.807, 2.05) is 13.0 Å². The lowest BCUT2D eigenvalue weighted by molar-refractivity contribution is 0.0526. The quantitative estimate of drug-likeness (QED) is 0.212. The lowest BCUT2D eigenvalue weighted by Crippen LogP contribution is -2.09. The molecule has 0 radical (unpaired) electrons. The van der Waals surface area contributed by atoms with Crippen molar-refractivity contribution in [2.45, 2.75) is 19.8 Å². The van der Waals surface area contributed by atoms with Gasteiger partial charge in [-0.2, -0.15) is 5.26 Å². The molecule has 0 fully saturated rings. The molecular weight excluding hydrogens is 408 g/mol. The van der Waals surface area contributed by atoms with E-state index in [4.69, 9.17) is 10.00 Å². The van der Waals surface area contributed by atoms with E-state index >= 15 is 0 Å². The summed E-state index contributed by atoms with van der Waals surface area (Å²) in [5.74, 6) is -0.297. The van der Waals surface area contributed by atoms with Crippen molar-refractivity contribution >= 4 is 21.7 Å². The van der Waals surface area contributed by atoms with Crippen molar-refractivity contribution in [3.8, 4) is 6.07 Å². The number of nitrogens with one attached hydrogen (secondary N) is 1. The monoisotopic (exact) mass is 427 g/mol. The third-order valence-corrected chi connectivity index (χ3v) is 4.02. The van der Waals surface area contributed by atoms with Gasteiger partial charge in [0.1, 0.15) is 24.0 Å². The number of hydrogen-bond donors (Lipinski definition) is 1. The Hall–Kier alpha value is -2.40. The zero-order chi connectivity index (χ0) is 19.9. The molecule has 8 heteroatoms. The molecule has 1 aromatic heterocycles. The lowest BCUT2D eigenvalue weighted by Gasteiger charge is -2.07. The summed E-state index contributed by atoms with van der Waals surface area (Å²) in [5.41, 5.74) is 1.93. The van der Waals surface area contributed by atoms with Gasteiger partial charge in [-0.25, -0.2) is 8.78 Å². The van der Waals surface area contributed by atoms with Gasteiger partial charge in [0.15, 0.2) is 0 Å². The Morgan fingerprint density at radius 2 is 2.19 bits per heavy atom. The van der Waals surface area contributed by atoms with Gasteiger partial charge in [0.05, 0.1) is 10.2 Å². The maximum absolute atomic E-state index is 12.4. The molecule has 0 unspecified atom stereocenters. The number of aryl methyl sites for hydroxylation is 1. The van der Waals surface area contributed by atoms with Crippen LogP contribution in [0, 0.1) is 18.3 Å². The van der Waals surface area contributed by atoms with Crippen molar-refractivity contribution in [1.29, 1.82) is 5.26 Å². The van der Waals surface area contributed by atoms with E-state index in [0.29, 0.717) is 16.6 Å². The summed E-state index contributed by atoms with van der Waals surface area (Å²) >= 11 is 3.23. The fourth-order valence-electron chi connectivity index (χ4n) is 2.01. The number of hydrogen-bond acceptors (Lipinski definition) is 4. The number of carbonyl (C=O) groups excluding carboxylic acids is 1. The number of aromatic amines is 1. The van der Waals surface area contributed by atoms with E-state index < -0.39 is 18.8 Å². The highest BCUT2D eigenvalue weighted by Crippen LogP contribution is 2.20. The molecule has 0 aliphatic heterocycles. The highest BCUT2D eigenvalue weighted by Gasteiger charge is 2.16. The van der Waals surface area contributed by atoms with E-state index in [2.05, 4.69) is 27.5 Å². The molecule has 0 spiro atoms. The SMILES string of the molecule is C=C(OCC(F)F)/C(Br)=C\Cc1[nH]c(C(=O)/C(C#N)=C/N(C)C)cc1C. The second-order valence-electron chi connectivity index (χ2n) is 5.67. The molecule has 0 aliphatic carbocycles. The van der Waals surface area contributed by atoms with Crippen LogP contribution in [-0.4, -0.2) is 42.8 Å². The number of rotatable bonds is 9. The Bertz CT molecular complexity index is 774. The highest BCUT2D eigenvalue weighted by atomic mass is 79.9. The number of carbonyl (C=O) groups is 1. The third-order valence-electron chi connectivity index (χ3n) is 3.25. The van der Waals surface area contributed by atoms with Crippen LogP contribution >= 0.6 is 15.9 Å². The van der Waals surface area contributed by atoms with Gasteiger partial charge in [0, 0.05) is 32.4 Å². The van der Waals surface area contributed by atoms with E-state index in [1.165, 1.54) is 6.20 Å². The van der Waals surface area contributed by atoms with Crippen LogP contribution in [-0.2, 0) is 11.2 Å². The normalized spacial score (nSPS) is 12.1. The summed E-state index contributed by atoms with van der Waals surface area (Å²) in [7, 11) is 3.45. The van der Waals surface area contributed by atoms with Crippen molar-refractivity contribution < 1.29 is 18.3 Å². The topological polar surface area (TPSA) is 69.1 Å². The Balaban J connectivity index is 2.89. The number of allylic oxidation sites excluding steroid dienone is 3. The molecule has 1 N–H and O–H groups in total. The minimum atomic E-state index is -2.57. The fraction of sp³-hybridized carbons (Fsp3) is 0.333. The van der Waals surface area contributed by atoms with Gasteiger partial charge in [-0.05, 0) is 34.5 Å². The summed E-state index contributed by atoms with van der Waals surface area (Å²) in [6.07, 6.45) is 0.979.